The number of morpholine rings is 1. The zero-order valence-electron chi connectivity index (χ0n) is 9.35. The number of carbonyl (C=O) groups excluding carboxylic acids is 1. The maximum Gasteiger partial charge on any atom is 0.253 e. The molecule has 0 aromatic rings. The van der Waals surface area contributed by atoms with Gasteiger partial charge in [0.1, 0.15) is 6.10 Å². The van der Waals surface area contributed by atoms with Crippen LogP contribution in [0.5, 0.6) is 0 Å². The Bertz CT molecular complexity index is 250. The van der Waals surface area contributed by atoms with E-state index in [1.54, 1.807) is 6.08 Å². The lowest BCUT2D eigenvalue weighted by Gasteiger charge is -2.29. The first-order valence-electron chi connectivity index (χ1n) is 5.56. The van der Waals surface area contributed by atoms with Gasteiger partial charge in [0.15, 0.2) is 0 Å². The maximum absolute atomic E-state index is 12.1. The van der Waals surface area contributed by atoms with Gasteiger partial charge in [0.2, 0.25) is 0 Å². The van der Waals surface area contributed by atoms with Crippen LogP contribution in [0, 0.1) is 0 Å². The Morgan fingerprint density at radius 2 is 2.31 bits per heavy atom. The van der Waals surface area contributed by atoms with Gasteiger partial charge in [-0.2, -0.15) is 0 Å². The monoisotopic (exact) mass is 246 g/mol. The van der Waals surface area contributed by atoms with Gasteiger partial charge in [-0.05, 0) is 12.8 Å². The van der Waals surface area contributed by atoms with Crippen molar-refractivity contribution in [1.29, 1.82) is 0 Å². The van der Waals surface area contributed by atoms with Crippen molar-refractivity contribution in [2.45, 2.75) is 25.0 Å². The van der Waals surface area contributed by atoms with E-state index in [1.807, 2.05) is 4.90 Å². The highest BCUT2D eigenvalue weighted by atomic mass is 35.5. The molecule has 1 heterocycles. The number of nitrogens with one attached hydrogen (secondary N) is 1. The Labute approximate surface area is 102 Å². The number of halogens is 1. The Kier molecular flexibility index (Phi) is 5.25. The van der Waals surface area contributed by atoms with Crippen molar-refractivity contribution in [2.24, 2.45) is 0 Å². The molecule has 0 spiro atoms. The van der Waals surface area contributed by atoms with Crippen LogP contribution in [-0.2, 0) is 9.53 Å². The van der Waals surface area contributed by atoms with Gasteiger partial charge in [0.05, 0.1) is 6.61 Å². The van der Waals surface area contributed by atoms with Gasteiger partial charge in [-0.1, -0.05) is 6.08 Å². The van der Waals surface area contributed by atoms with Crippen LogP contribution in [0.4, 0.5) is 0 Å². The smallest absolute Gasteiger partial charge is 0.253 e. The number of amides is 1. The van der Waals surface area contributed by atoms with E-state index in [4.69, 9.17) is 4.74 Å². The van der Waals surface area contributed by atoms with Crippen LogP contribution in [0.1, 0.15) is 12.8 Å². The first kappa shape index (κ1) is 13.5. The lowest BCUT2D eigenvalue weighted by Crippen LogP contribution is -2.50. The average Bonchev–Trinajstić information content (AvgIpc) is 3.10. The van der Waals surface area contributed by atoms with Gasteiger partial charge in [0.25, 0.3) is 5.91 Å². The van der Waals surface area contributed by atoms with Crippen LogP contribution in [-0.4, -0.2) is 49.2 Å². The van der Waals surface area contributed by atoms with Crippen LogP contribution < -0.4 is 5.32 Å². The first-order chi connectivity index (χ1) is 7.33. The Balaban J connectivity index is 0.00000128. The van der Waals surface area contributed by atoms with Crippen molar-refractivity contribution < 1.29 is 9.53 Å². The molecule has 0 aromatic carbocycles. The fraction of sp³-hybridized carbons (Fsp3) is 0.727. The number of carbonyl (C=O) groups is 1. The predicted octanol–water partition coefficient (Wildman–Crippen LogP) is 0.574. The summed E-state index contributed by atoms with van der Waals surface area (Å²) in [7, 11) is 0. The molecule has 0 bridgehead atoms. The zero-order valence-corrected chi connectivity index (χ0v) is 10.2. The van der Waals surface area contributed by atoms with Crippen molar-refractivity contribution in [2.75, 3.05) is 26.2 Å². The van der Waals surface area contributed by atoms with Crippen molar-refractivity contribution in [3.8, 4) is 0 Å². The molecule has 1 aliphatic heterocycles. The Morgan fingerprint density at radius 3 is 2.81 bits per heavy atom. The van der Waals surface area contributed by atoms with Gasteiger partial charge < -0.3 is 15.0 Å². The molecule has 1 unspecified atom stereocenters. The molecular formula is C11H19ClN2O2. The van der Waals surface area contributed by atoms with Crippen LogP contribution in [0.3, 0.4) is 0 Å². The highest BCUT2D eigenvalue weighted by Gasteiger charge is 2.35. The molecule has 5 heteroatoms. The summed E-state index contributed by atoms with van der Waals surface area (Å²) in [6.07, 6.45) is 3.74. The third-order valence-corrected chi connectivity index (χ3v) is 2.80. The van der Waals surface area contributed by atoms with E-state index in [9.17, 15) is 4.79 Å². The van der Waals surface area contributed by atoms with Gasteiger partial charge in [-0.3, -0.25) is 4.79 Å². The fourth-order valence-corrected chi connectivity index (χ4v) is 1.85. The lowest BCUT2D eigenvalue weighted by atomic mass is 10.2. The molecule has 2 rings (SSSR count). The standard InChI is InChI=1S/C11H18N2O2.ClH/c1-2-6-13(9-3-4-9)11(14)10-8-12-5-7-15-10;/h2,9-10,12H,1,3-8H2;1H. The van der Waals surface area contributed by atoms with E-state index in [2.05, 4.69) is 11.9 Å². The van der Waals surface area contributed by atoms with Crippen molar-refractivity contribution in [1.82, 2.24) is 10.2 Å². The predicted molar refractivity (Wildman–Crippen MR) is 64.8 cm³/mol. The van der Waals surface area contributed by atoms with Crippen molar-refractivity contribution >= 4 is 18.3 Å². The SMILES string of the molecule is C=CCN(C(=O)C1CNCCO1)C1CC1.Cl. The summed E-state index contributed by atoms with van der Waals surface area (Å²) in [5, 5.41) is 3.17. The second-order valence-electron chi connectivity index (χ2n) is 4.07. The molecule has 1 amide bonds. The zero-order chi connectivity index (χ0) is 10.7. The van der Waals surface area contributed by atoms with Crippen molar-refractivity contribution in [3.63, 3.8) is 0 Å². The van der Waals surface area contributed by atoms with E-state index < -0.39 is 0 Å². The summed E-state index contributed by atoms with van der Waals surface area (Å²) in [4.78, 5) is 14.0. The molecule has 1 saturated heterocycles. The first-order valence-corrected chi connectivity index (χ1v) is 5.56. The molecular weight excluding hydrogens is 228 g/mol. The third-order valence-electron chi connectivity index (χ3n) is 2.80. The van der Waals surface area contributed by atoms with E-state index in [0.29, 0.717) is 25.7 Å². The summed E-state index contributed by atoms with van der Waals surface area (Å²) in [5.74, 6) is 0.115. The third kappa shape index (κ3) is 3.20. The molecule has 1 aliphatic carbocycles. The molecule has 0 aromatic heterocycles. The van der Waals surface area contributed by atoms with Crippen LogP contribution in [0.25, 0.3) is 0 Å². The highest BCUT2D eigenvalue weighted by Crippen LogP contribution is 2.27. The molecule has 1 saturated carbocycles. The number of hydrogen-bond donors (Lipinski definition) is 1. The lowest BCUT2D eigenvalue weighted by molar-refractivity contribution is -0.145. The maximum atomic E-state index is 12.1. The Morgan fingerprint density at radius 1 is 1.56 bits per heavy atom. The van der Waals surface area contributed by atoms with Gasteiger partial charge in [-0.25, -0.2) is 0 Å². The molecule has 1 N–H and O–H groups in total. The largest absolute Gasteiger partial charge is 0.366 e. The number of ether oxygens (including phenoxy) is 1. The molecule has 0 radical (unpaired) electrons. The molecule has 2 fully saturated rings. The molecule has 16 heavy (non-hydrogen) atoms. The van der Waals surface area contributed by atoms with E-state index in [0.717, 1.165) is 19.4 Å². The number of hydrogen-bond acceptors (Lipinski definition) is 3. The summed E-state index contributed by atoms with van der Waals surface area (Å²) in [5.41, 5.74) is 0. The minimum atomic E-state index is -0.292. The molecule has 1 atom stereocenters. The van der Waals surface area contributed by atoms with E-state index >= 15 is 0 Å². The quantitative estimate of drug-likeness (QED) is 0.738. The average molecular weight is 247 g/mol. The van der Waals surface area contributed by atoms with Gasteiger partial charge >= 0.3 is 0 Å². The van der Waals surface area contributed by atoms with Gasteiger partial charge in [0, 0.05) is 25.7 Å². The van der Waals surface area contributed by atoms with Gasteiger partial charge in [-0.15, -0.1) is 19.0 Å². The summed E-state index contributed by atoms with van der Waals surface area (Å²) in [6.45, 7) is 6.44. The van der Waals surface area contributed by atoms with E-state index in [-0.39, 0.29) is 24.4 Å². The van der Waals surface area contributed by atoms with Crippen LogP contribution >= 0.6 is 12.4 Å². The Hall–Kier alpha value is -0.580. The highest BCUT2D eigenvalue weighted by molar-refractivity contribution is 5.85. The molecule has 4 nitrogen and oxygen atoms in total. The number of nitrogens with zero attached hydrogens (tertiary/aromatic N) is 1. The summed E-state index contributed by atoms with van der Waals surface area (Å²) >= 11 is 0. The van der Waals surface area contributed by atoms with E-state index in [1.165, 1.54) is 0 Å². The van der Waals surface area contributed by atoms with Crippen LogP contribution in [0.15, 0.2) is 12.7 Å². The van der Waals surface area contributed by atoms with Crippen molar-refractivity contribution in [3.05, 3.63) is 12.7 Å². The second kappa shape index (κ2) is 6.23. The summed E-state index contributed by atoms with van der Waals surface area (Å²) in [6, 6.07) is 0.432. The molecule has 2 aliphatic rings. The number of rotatable bonds is 4. The minimum absolute atomic E-state index is 0. The van der Waals surface area contributed by atoms with Crippen LogP contribution in [0.2, 0.25) is 0 Å². The minimum Gasteiger partial charge on any atom is -0.366 e. The fourth-order valence-electron chi connectivity index (χ4n) is 1.85. The normalized spacial score (nSPS) is 24.4. The summed E-state index contributed by atoms with van der Waals surface area (Å²) < 4.78 is 5.46. The molecule has 92 valence electrons. The second-order valence-corrected chi connectivity index (χ2v) is 4.07. The topological polar surface area (TPSA) is 41.6 Å².